The zero-order valence-corrected chi connectivity index (χ0v) is 20.0. The Labute approximate surface area is 196 Å². The molecule has 0 aromatic heterocycles. The van der Waals surface area contributed by atoms with E-state index < -0.39 is 10.0 Å². The molecular weight excluding hydrogens is 438 g/mol. The molecule has 2 amide bonds. The van der Waals surface area contributed by atoms with Crippen LogP contribution in [0.15, 0.2) is 59.5 Å². The van der Waals surface area contributed by atoms with Crippen LogP contribution in [0.3, 0.4) is 0 Å². The number of carbonyl (C=O) groups is 2. The zero-order chi connectivity index (χ0) is 23.8. The summed E-state index contributed by atoms with van der Waals surface area (Å²) in [6, 6.07) is 14.1. The van der Waals surface area contributed by atoms with Crippen molar-refractivity contribution in [1.82, 2.24) is 9.62 Å². The second-order valence-electron chi connectivity index (χ2n) is 7.88. The molecule has 1 fully saturated rings. The third-order valence-electron chi connectivity index (χ3n) is 5.66. The summed E-state index contributed by atoms with van der Waals surface area (Å²) in [7, 11) is -3.50. The highest BCUT2D eigenvalue weighted by molar-refractivity contribution is 7.89. The molecule has 3 rings (SSSR count). The fourth-order valence-corrected chi connectivity index (χ4v) is 5.25. The van der Waals surface area contributed by atoms with Crippen molar-refractivity contribution in [3.8, 4) is 0 Å². The number of benzene rings is 2. The molecule has 1 heterocycles. The molecule has 0 spiro atoms. The third kappa shape index (κ3) is 6.30. The van der Waals surface area contributed by atoms with Crippen LogP contribution in [0.1, 0.15) is 44.2 Å². The van der Waals surface area contributed by atoms with Gasteiger partial charge >= 0.3 is 0 Å². The van der Waals surface area contributed by atoms with E-state index in [1.54, 1.807) is 49.1 Å². The van der Waals surface area contributed by atoms with Gasteiger partial charge in [0.15, 0.2) is 0 Å². The van der Waals surface area contributed by atoms with Crippen molar-refractivity contribution >= 4 is 33.6 Å². The van der Waals surface area contributed by atoms with Gasteiger partial charge in [0.25, 0.3) is 0 Å². The van der Waals surface area contributed by atoms with Gasteiger partial charge in [-0.15, -0.1) is 0 Å². The summed E-state index contributed by atoms with van der Waals surface area (Å²) < 4.78 is 26.5. The normalized spacial score (nSPS) is 14.8. The fraction of sp³-hybridized carbons (Fsp3) is 0.360. The lowest BCUT2D eigenvalue weighted by molar-refractivity contribution is -0.119. The molecule has 1 aliphatic rings. The van der Waals surface area contributed by atoms with Crippen LogP contribution in [0.5, 0.6) is 0 Å². The van der Waals surface area contributed by atoms with E-state index in [0.29, 0.717) is 26.1 Å². The van der Waals surface area contributed by atoms with Gasteiger partial charge in [-0.05, 0) is 54.3 Å². The quantitative estimate of drug-likeness (QED) is 0.569. The van der Waals surface area contributed by atoms with Crippen molar-refractivity contribution in [3.05, 3.63) is 65.7 Å². The molecule has 0 aliphatic carbocycles. The van der Waals surface area contributed by atoms with E-state index in [4.69, 9.17) is 0 Å². The van der Waals surface area contributed by atoms with Crippen LogP contribution in [-0.4, -0.2) is 44.2 Å². The number of carbonyl (C=O) groups excluding carboxylic acids is 2. The van der Waals surface area contributed by atoms with Gasteiger partial charge in [0.2, 0.25) is 21.8 Å². The smallest absolute Gasteiger partial charge is 0.244 e. The Bertz CT molecular complexity index is 1110. The zero-order valence-electron chi connectivity index (χ0n) is 19.2. The van der Waals surface area contributed by atoms with Gasteiger partial charge in [0.05, 0.1) is 4.90 Å². The van der Waals surface area contributed by atoms with Gasteiger partial charge in [-0.25, -0.2) is 8.42 Å². The van der Waals surface area contributed by atoms with E-state index in [1.807, 2.05) is 24.3 Å². The molecule has 176 valence electrons. The van der Waals surface area contributed by atoms with E-state index in [0.717, 1.165) is 36.2 Å². The van der Waals surface area contributed by atoms with E-state index in [9.17, 15) is 18.0 Å². The lowest BCUT2D eigenvalue weighted by atomic mass is 10.1. The summed E-state index contributed by atoms with van der Waals surface area (Å²) in [6.45, 7) is 5.52. The Hall–Kier alpha value is -2.97. The van der Waals surface area contributed by atoms with Crippen molar-refractivity contribution in [3.63, 3.8) is 0 Å². The molecule has 0 radical (unpaired) electrons. The number of hydrogen-bond donors (Lipinski definition) is 1. The minimum atomic E-state index is -3.50. The molecule has 2 aromatic carbocycles. The largest absolute Gasteiger partial charge is 0.348 e. The Morgan fingerprint density at radius 1 is 1.09 bits per heavy atom. The highest BCUT2D eigenvalue weighted by Crippen LogP contribution is 2.22. The van der Waals surface area contributed by atoms with Crippen LogP contribution < -0.4 is 10.2 Å². The predicted octanol–water partition coefficient (Wildman–Crippen LogP) is 3.56. The molecule has 1 aliphatic heterocycles. The molecular formula is C25H31N3O4S. The fourth-order valence-electron chi connectivity index (χ4n) is 3.80. The van der Waals surface area contributed by atoms with Crippen LogP contribution in [0, 0.1) is 0 Å². The third-order valence-corrected chi connectivity index (χ3v) is 7.73. The topological polar surface area (TPSA) is 86.8 Å². The van der Waals surface area contributed by atoms with Crippen LogP contribution in [0.25, 0.3) is 6.08 Å². The molecule has 33 heavy (non-hydrogen) atoms. The highest BCUT2D eigenvalue weighted by Gasteiger charge is 2.21. The van der Waals surface area contributed by atoms with Gasteiger partial charge in [0.1, 0.15) is 0 Å². The number of piperidine rings is 1. The van der Waals surface area contributed by atoms with Gasteiger partial charge in [-0.2, -0.15) is 4.31 Å². The lowest BCUT2D eigenvalue weighted by Crippen LogP contribution is -2.35. The molecule has 7 nitrogen and oxygen atoms in total. The first kappa shape index (κ1) is 24.7. The van der Waals surface area contributed by atoms with Crippen molar-refractivity contribution < 1.29 is 18.0 Å². The van der Waals surface area contributed by atoms with Crippen LogP contribution >= 0.6 is 0 Å². The summed E-state index contributed by atoms with van der Waals surface area (Å²) in [4.78, 5) is 26.4. The molecule has 0 unspecified atom stereocenters. The first-order valence-electron chi connectivity index (χ1n) is 11.3. The number of anilines is 1. The summed E-state index contributed by atoms with van der Waals surface area (Å²) in [5, 5.41) is 2.84. The maximum Gasteiger partial charge on any atom is 0.244 e. The van der Waals surface area contributed by atoms with Gasteiger partial charge < -0.3 is 10.2 Å². The highest BCUT2D eigenvalue weighted by atomic mass is 32.2. The predicted molar refractivity (Wildman–Crippen MR) is 130 cm³/mol. The first-order valence-corrected chi connectivity index (χ1v) is 12.7. The second kappa shape index (κ2) is 11.2. The molecule has 0 atom stereocenters. The number of hydrogen-bond acceptors (Lipinski definition) is 4. The van der Waals surface area contributed by atoms with Crippen molar-refractivity contribution in [2.24, 2.45) is 0 Å². The van der Waals surface area contributed by atoms with E-state index in [1.165, 1.54) is 10.4 Å². The van der Waals surface area contributed by atoms with Crippen molar-refractivity contribution in [2.45, 2.75) is 44.6 Å². The summed E-state index contributed by atoms with van der Waals surface area (Å²) >= 11 is 0. The van der Waals surface area contributed by atoms with E-state index in [-0.39, 0.29) is 16.7 Å². The number of nitrogens with zero attached hydrogens (tertiary/aromatic N) is 2. The van der Waals surface area contributed by atoms with Crippen molar-refractivity contribution in [1.29, 1.82) is 0 Å². The Kier molecular flexibility index (Phi) is 8.41. The summed E-state index contributed by atoms with van der Waals surface area (Å²) in [6.07, 6.45) is 5.58. The second-order valence-corrected chi connectivity index (χ2v) is 9.82. The van der Waals surface area contributed by atoms with E-state index in [2.05, 4.69) is 5.32 Å². The standard InChI is InChI=1S/C25H31N3O4S/c1-3-27(4-2)33(31,32)23-14-11-20(12-15-23)13-16-24(29)26-19-21-8-7-9-22(18-21)28-17-6-5-10-25(28)30/h7-9,11-16,18H,3-6,10,17,19H2,1-2H3,(H,26,29)/b16-13+. The van der Waals surface area contributed by atoms with Crippen LogP contribution in [-0.2, 0) is 26.2 Å². The molecule has 1 N–H and O–H groups in total. The molecule has 2 aromatic rings. The Balaban J connectivity index is 1.57. The SMILES string of the molecule is CCN(CC)S(=O)(=O)c1ccc(/C=C/C(=O)NCc2cccc(N3CCCCC3=O)c2)cc1. The molecule has 0 saturated carbocycles. The maximum atomic E-state index is 12.6. The van der Waals surface area contributed by atoms with E-state index >= 15 is 0 Å². The van der Waals surface area contributed by atoms with Crippen LogP contribution in [0.2, 0.25) is 0 Å². The lowest BCUT2D eigenvalue weighted by Gasteiger charge is -2.27. The minimum absolute atomic E-state index is 0.140. The first-order chi connectivity index (χ1) is 15.8. The summed E-state index contributed by atoms with van der Waals surface area (Å²) in [5.41, 5.74) is 2.51. The Morgan fingerprint density at radius 3 is 2.48 bits per heavy atom. The number of nitrogens with one attached hydrogen (secondary N) is 1. The average Bonchev–Trinajstić information content (AvgIpc) is 2.83. The van der Waals surface area contributed by atoms with Gasteiger partial charge in [0, 0.05) is 44.4 Å². The number of rotatable bonds is 9. The van der Waals surface area contributed by atoms with Gasteiger partial charge in [-0.3, -0.25) is 9.59 Å². The average molecular weight is 470 g/mol. The number of sulfonamides is 1. The maximum absolute atomic E-state index is 12.6. The molecule has 8 heteroatoms. The van der Waals surface area contributed by atoms with Crippen molar-refractivity contribution in [2.75, 3.05) is 24.5 Å². The summed E-state index contributed by atoms with van der Waals surface area (Å²) in [5.74, 6) is -0.115. The number of amides is 2. The van der Waals surface area contributed by atoms with Gasteiger partial charge in [-0.1, -0.05) is 38.1 Å². The monoisotopic (exact) mass is 469 g/mol. The Morgan fingerprint density at radius 2 is 1.82 bits per heavy atom. The van der Waals surface area contributed by atoms with Crippen LogP contribution in [0.4, 0.5) is 5.69 Å². The molecule has 1 saturated heterocycles. The minimum Gasteiger partial charge on any atom is -0.348 e. The molecule has 0 bridgehead atoms.